The van der Waals surface area contributed by atoms with Gasteiger partial charge in [0.15, 0.2) is 34.9 Å². The summed E-state index contributed by atoms with van der Waals surface area (Å²) in [5, 5.41) is 40.7. The van der Waals surface area contributed by atoms with E-state index in [9.17, 15) is 25.2 Å². The van der Waals surface area contributed by atoms with Crippen molar-refractivity contribution in [3.05, 3.63) is 64.3 Å². The molecule has 206 valence electrons. The number of aliphatic hydroxyl groups is 1. The van der Waals surface area contributed by atoms with Crippen molar-refractivity contribution in [2.24, 2.45) is 0 Å². The van der Waals surface area contributed by atoms with Crippen molar-refractivity contribution in [1.29, 1.82) is 0 Å². The molecule has 4 rings (SSSR count). The maximum atomic E-state index is 12.8. The highest BCUT2D eigenvalue weighted by atomic mass is 16.6. The van der Waals surface area contributed by atoms with Crippen LogP contribution < -0.4 is 24.4 Å². The van der Waals surface area contributed by atoms with Crippen LogP contribution in [0.4, 0.5) is 0 Å². The summed E-state index contributed by atoms with van der Waals surface area (Å²) >= 11 is 0. The van der Waals surface area contributed by atoms with Crippen LogP contribution in [-0.2, 0) is 4.74 Å². The molecule has 0 aliphatic rings. The Bertz CT molecular complexity index is 1520. The predicted molar refractivity (Wildman–Crippen MR) is 140 cm³/mol. The van der Waals surface area contributed by atoms with E-state index in [0.29, 0.717) is 5.56 Å². The summed E-state index contributed by atoms with van der Waals surface area (Å²) in [7, 11) is 5.62. The first kappa shape index (κ1) is 27.4. The Morgan fingerprint density at radius 1 is 0.846 bits per heavy atom. The van der Waals surface area contributed by atoms with Crippen LogP contribution in [-0.4, -0.2) is 61.6 Å². The maximum absolute atomic E-state index is 12.8. The van der Waals surface area contributed by atoms with Crippen LogP contribution >= 0.6 is 0 Å². The number of aliphatic hydroxyl groups excluding tert-OH is 1. The highest BCUT2D eigenvalue weighted by molar-refractivity contribution is 5.83. The minimum Gasteiger partial charge on any atom is -0.508 e. The number of rotatable bonds is 10. The van der Waals surface area contributed by atoms with E-state index in [2.05, 4.69) is 0 Å². The summed E-state index contributed by atoms with van der Waals surface area (Å²) in [5.74, 6) is -0.388. The van der Waals surface area contributed by atoms with Gasteiger partial charge in [-0.05, 0) is 42.0 Å². The smallest absolute Gasteiger partial charge is 0.235 e. The molecule has 0 spiro atoms. The van der Waals surface area contributed by atoms with Gasteiger partial charge in [0.1, 0.15) is 17.4 Å². The highest BCUT2D eigenvalue weighted by Gasteiger charge is 2.29. The van der Waals surface area contributed by atoms with Crippen LogP contribution in [0.3, 0.4) is 0 Å². The fourth-order valence-corrected chi connectivity index (χ4v) is 4.21. The molecule has 2 atom stereocenters. The van der Waals surface area contributed by atoms with Gasteiger partial charge in [-0.15, -0.1) is 0 Å². The molecule has 0 aliphatic heterocycles. The molecular weight excluding hydrogens is 512 g/mol. The Hall–Kier alpha value is -4.61. The zero-order valence-corrected chi connectivity index (χ0v) is 21.6. The number of phenols is 2. The molecule has 39 heavy (non-hydrogen) atoms. The van der Waals surface area contributed by atoms with Gasteiger partial charge >= 0.3 is 0 Å². The van der Waals surface area contributed by atoms with Crippen LogP contribution in [0, 0.1) is 0 Å². The van der Waals surface area contributed by atoms with Gasteiger partial charge in [-0.1, -0.05) is 6.07 Å². The Labute approximate surface area is 222 Å². The third kappa shape index (κ3) is 5.22. The predicted octanol–water partition coefficient (Wildman–Crippen LogP) is 3.73. The molecule has 0 fully saturated rings. The van der Waals surface area contributed by atoms with Crippen molar-refractivity contribution in [1.82, 2.24) is 0 Å². The number of phenolic OH excluding ortho intramolecular Hbond substituents is 2. The Balaban J connectivity index is 1.79. The van der Waals surface area contributed by atoms with Crippen molar-refractivity contribution in [3.8, 4) is 51.6 Å². The van der Waals surface area contributed by atoms with Crippen molar-refractivity contribution >= 4 is 11.0 Å². The van der Waals surface area contributed by atoms with E-state index in [1.807, 2.05) is 0 Å². The summed E-state index contributed by atoms with van der Waals surface area (Å²) in [6.07, 6.45) is -1.76. The van der Waals surface area contributed by atoms with Crippen LogP contribution in [0.15, 0.2) is 57.7 Å². The van der Waals surface area contributed by atoms with Crippen molar-refractivity contribution in [2.75, 3.05) is 35.0 Å². The Morgan fingerprint density at radius 3 is 2.10 bits per heavy atom. The lowest BCUT2D eigenvalue weighted by atomic mass is 10.0. The summed E-state index contributed by atoms with van der Waals surface area (Å²) < 4.78 is 33.7. The lowest BCUT2D eigenvalue weighted by Gasteiger charge is -2.27. The van der Waals surface area contributed by atoms with Gasteiger partial charge in [-0.25, -0.2) is 0 Å². The van der Waals surface area contributed by atoms with E-state index in [-0.39, 0.29) is 56.8 Å². The number of hydrogen-bond acceptors (Lipinski definition) is 11. The summed E-state index contributed by atoms with van der Waals surface area (Å²) in [6, 6.07) is 11.5. The molecule has 0 unspecified atom stereocenters. The standard InChI is InChI=1S/C28H28O11/c1-34-20-9-14(5-8-18(20)31)26(37-4)23(13-29)39-28-21(35-2)10-15(11-22(28)36-3)27-25(33)24(32)17-7-6-16(30)12-19(17)38-27/h5-12,23,26,29-31,33H,13H2,1-4H3/t23-,26-/m0/s1. The summed E-state index contributed by atoms with van der Waals surface area (Å²) in [6.45, 7) is -0.473. The van der Waals surface area contributed by atoms with Gasteiger partial charge in [0.25, 0.3) is 0 Å². The third-order valence-corrected chi connectivity index (χ3v) is 6.15. The molecule has 4 N–H and O–H groups in total. The van der Waals surface area contributed by atoms with Crippen LogP contribution in [0.25, 0.3) is 22.3 Å². The molecule has 0 amide bonds. The largest absolute Gasteiger partial charge is 0.508 e. The zero-order valence-electron chi connectivity index (χ0n) is 21.6. The van der Waals surface area contributed by atoms with E-state index in [1.165, 1.54) is 64.8 Å². The fraction of sp³-hybridized carbons (Fsp3) is 0.250. The van der Waals surface area contributed by atoms with Gasteiger partial charge in [0.05, 0.1) is 33.3 Å². The van der Waals surface area contributed by atoms with Crippen molar-refractivity contribution < 1.29 is 48.5 Å². The molecular formula is C28H28O11. The molecule has 1 heterocycles. The molecule has 0 radical (unpaired) electrons. The Kier molecular flexibility index (Phi) is 8.03. The summed E-state index contributed by atoms with van der Waals surface area (Å²) in [5.41, 5.74) is 0.172. The molecule has 0 saturated carbocycles. The Morgan fingerprint density at radius 2 is 1.51 bits per heavy atom. The molecule has 11 nitrogen and oxygen atoms in total. The quantitative estimate of drug-likeness (QED) is 0.232. The number of hydrogen-bond donors (Lipinski definition) is 4. The van der Waals surface area contributed by atoms with Gasteiger partial charge < -0.3 is 48.5 Å². The lowest BCUT2D eigenvalue weighted by Crippen LogP contribution is -2.30. The van der Waals surface area contributed by atoms with Gasteiger partial charge in [0, 0.05) is 18.7 Å². The van der Waals surface area contributed by atoms with Gasteiger partial charge in [-0.3, -0.25) is 4.79 Å². The van der Waals surface area contributed by atoms with E-state index in [0.717, 1.165) is 0 Å². The normalized spacial score (nSPS) is 12.6. The zero-order chi connectivity index (χ0) is 28.3. The molecule has 11 heteroatoms. The first-order valence-electron chi connectivity index (χ1n) is 11.7. The van der Waals surface area contributed by atoms with E-state index in [4.69, 9.17) is 28.1 Å². The maximum Gasteiger partial charge on any atom is 0.235 e. The number of methoxy groups -OCH3 is 4. The summed E-state index contributed by atoms with van der Waals surface area (Å²) in [4.78, 5) is 12.8. The molecule has 0 bridgehead atoms. The van der Waals surface area contributed by atoms with Crippen molar-refractivity contribution in [3.63, 3.8) is 0 Å². The van der Waals surface area contributed by atoms with E-state index >= 15 is 0 Å². The highest BCUT2D eigenvalue weighted by Crippen LogP contribution is 2.45. The topological polar surface area (TPSA) is 157 Å². The van der Waals surface area contributed by atoms with Crippen molar-refractivity contribution in [2.45, 2.75) is 12.2 Å². The molecule has 0 saturated heterocycles. The molecule has 4 aromatic rings. The average molecular weight is 541 g/mol. The molecule has 1 aromatic heterocycles. The fourth-order valence-electron chi connectivity index (χ4n) is 4.21. The SMILES string of the molecule is COc1cc([C@H](OC)[C@H](CO)Oc2c(OC)cc(-c3oc4cc(O)ccc4c(=O)c3O)cc2OC)ccc1O. The average Bonchev–Trinajstić information content (AvgIpc) is 2.95. The monoisotopic (exact) mass is 540 g/mol. The van der Waals surface area contributed by atoms with Crippen LogP contribution in [0.5, 0.6) is 40.2 Å². The second-order valence-corrected chi connectivity index (χ2v) is 8.43. The number of benzene rings is 3. The van der Waals surface area contributed by atoms with Crippen LogP contribution in [0.2, 0.25) is 0 Å². The van der Waals surface area contributed by atoms with Crippen LogP contribution in [0.1, 0.15) is 11.7 Å². The van der Waals surface area contributed by atoms with Gasteiger partial charge in [-0.2, -0.15) is 0 Å². The minimum absolute atomic E-state index is 0.0599. The van der Waals surface area contributed by atoms with E-state index in [1.54, 1.807) is 12.1 Å². The second-order valence-electron chi connectivity index (χ2n) is 8.43. The number of aromatic hydroxyl groups is 3. The lowest BCUT2D eigenvalue weighted by molar-refractivity contribution is -0.0273. The third-order valence-electron chi connectivity index (χ3n) is 6.15. The van der Waals surface area contributed by atoms with Gasteiger partial charge in [0.2, 0.25) is 16.9 Å². The molecule has 0 aliphatic carbocycles. The minimum atomic E-state index is -0.965. The molecule has 3 aromatic carbocycles. The number of fused-ring (bicyclic) bond motifs is 1. The number of ether oxygens (including phenoxy) is 5. The first-order chi connectivity index (χ1) is 18.8. The first-order valence-corrected chi connectivity index (χ1v) is 11.7. The second kappa shape index (κ2) is 11.4. The van der Waals surface area contributed by atoms with E-state index < -0.39 is 30.0 Å².